The Balaban J connectivity index is 1.69. The van der Waals surface area contributed by atoms with Crippen LogP contribution in [0, 0.1) is 5.82 Å². The van der Waals surface area contributed by atoms with Gasteiger partial charge < -0.3 is 9.26 Å². The van der Waals surface area contributed by atoms with Gasteiger partial charge in [-0.2, -0.15) is 5.10 Å². The number of benzene rings is 1. The van der Waals surface area contributed by atoms with E-state index in [1.807, 2.05) is 0 Å². The van der Waals surface area contributed by atoms with Crippen LogP contribution >= 0.6 is 0 Å². The fraction of sp³-hybridized carbons (Fsp3) is 0.125. The number of aromatic nitrogens is 3. The largest absolute Gasteiger partial charge is 0.454 e. The highest BCUT2D eigenvalue weighted by Crippen LogP contribution is 2.23. The Kier molecular flexibility index (Phi) is 4.19. The van der Waals surface area contributed by atoms with E-state index in [2.05, 4.69) is 10.3 Å². The van der Waals surface area contributed by atoms with E-state index in [0.29, 0.717) is 5.69 Å². The summed E-state index contributed by atoms with van der Waals surface area (Å²) >= 11 is 0. The quantitative estimate of drug-likeness (QED) is 0.680. The smallest absolute Gasteiger partial charge is 0.359 e. The zero-order valence-electron chi connectivity index (χ0n) is 12.6. The van der Waals surface area contributed by atoms with E-state index in [4.69, 9.17) is 9.26 Å². The number of halogens is 1. The van der Waals surface area contributed by atoms with Crippen molar-refractivity contribution in [3.8, 4) is 11.3 Å². The van der Waals surface area contributed by atoms with Crippen molar-refractivity contribution in [2.75, 3.05) is 0 Å². The van der Waals surface area contributed by atoms with E-state index in [-0.39, 0.29) is 29.2 Å². The molecule has 0 fully saturated rings. The SMILES string of the molecule is Cn1nc(C(=O)OCc2cc(-c3ccccc3F)on2)ccc1=O. The molecule has 8 heteroatoms. The second-order valence-corrected chi connectivity index (χ2v) is 4.92. The van der Waals surface area contributed by atoms with Crippen LogP contribution in [0.1, 0.15) is 16.2 Å². The molecule has 122 valence electrons. The molecule has 2 aromatic heterocycles. The Morgan fingerprint density at radius 2 is 2.08 bits per heavy atom. The number of nitrogens with zero attached hydrogens (tertiary/aromatic N) is 3. The van der Waals surface area contributed by atoms with Gasteiger partial charge in [-0.15, -0.1) is 0 Å². The minimum Gasteiger partial charge on any atom is -0.454 e. The van der Waals surface area contributed by atoms with Gasteiger partial charge in [-0.05, 0) is 18.2 Å². The van der Waals surface area contributed by atoms with Gasteiger partial charge in [0.2, 0.25) is 0 Å². The van der Waals surface area contributed by atoms with Crippen molar-refractivity contribution in [2.45, 2.75) is 6.61 Å². The zero-order valence-corrected chi connectivity index (χ0v) is 12.6. The lowest BCUT2D eigenvalue weighted by molar-refractivity contribution is 0.0454. The van der Waals surface area contributed by atoms with Crippen molar-refractivity contribution in [3.63, 3.8) is 0 Å². The normalized spacial score (nSPS) is 10.6. The minimum atomic E-state index is -0.707. The molecule has 0 bridgehead atoms. The summed E-state index contributed by atoms with van der Waals surface area (Å²) < 4.78 is 24.8. The van der Waals surface area contributed by atoms with Crippen LogP contribution in [-0.4, -0.2) is 20.9 Å². The summed E-state index contributed by atoms with van der Waals surface area (Å²) in [5.74, 6) is -0.910. The van der Waals surface area contributed by atoms with Gasteiger partial charge >= 0.3 is 5.97 Å². The first-order valence-electron chi connectivity index (χ1n) is 6.96. The molecule has 0 unspecified atom stereocenters. The van der Waals surface area contributed by atoms with Crippen LogP contribution in [0.3, 0.4) is 0 Å². The van der Waals surface area contributed by atoms with Crippen molar-refractivity contribution in [1.82, 2.24) is 14.9 Å². The fourth-order valence-corrected chi connectivity index (χ4v) is 1.99. The Labute approximate surface area is 135 Å². The van der Waals surface area contributed by atoms with Crippen molar-refractivity contribution in [3.05, 3.63) is 70.0 Å². The molecule has 24 heavy (non-hydrogen) atoms. The van der Waals surface area contributed by atoms with E-state index < -0.39 is 11.8 Å². The molecule has 2 heterocycles. The van der Waals surface area contributed by atoms with Gasteiger partial charge in [-0.1, -0.05) is 17.3 Å². The third-order valence-corrected chi connectivity index (χ3v) is 3.22. The van der Waals surface area contributed by atoms with Crippen molar-refractivity contribution in [2.24, 2.45) is 7.05 Å². The van der Waals surface area contributed by atoms with Crippen LogP contribution in [0.5, 0.6) is 0 Å². The van der Waals surface area contributed by atoms with Gasteiger partial charge in [0, 0.05) is 19.2 Å². The predicted molar refractivity (Wildman–Crippen MR) is 80.5 cm³/mol. The second-order valence-electron chi connectivity index (χ2n) is 4.92. The first kappa shape index (κ1) is 15.6. The lowest BCUT2D eigenvalue weighted by atomic mass is 10.1. The molecule has 7 nitrogen and oxygen atoms in total. The lowest BCUT2D eigenvalue weighted by Crippen LogP contribution is -2.21. The number of carbonyl (C=O) groups is 1. The number of aryl methyl sites for hydroxylation is 1. The first-order valence-corrected chi connectivity index (χ1v) is 6.96. The van der Waals surface area contributed by atoms with Gasteiger partial charge in [0.15, 0.2) is 11.5 Å². The molecule has 0 aliphatic carbocycles. The standard InChI is InChI=1S/C16H12FN3O4/c1-20-15(21)7-6-13(18-20)16(22)23-9-10-8-14(24-19-10)11-4-2-3-5-12(11)17/h2-8H,9H2,1H3. The molecule has 3 aromatic rings. The van der Waals surface area contributed by atoms with Crippen LogP contribution in [0.15, 0.2) is 51.8 Å². The number of hydrogen-bond acceptors (Lipinski definition) is 6. The molecule has 0 aliphatic rings. The van der Waals surface area contributed by atoms with Crippen LogP contribution in [0.2, 0.25) is 0 Å². The lowest BCUT2D eigenvalue weighted by Gasteiger charge is -2.02. The second kappa shape index (κ2) is 6.45. The molecule has 3 rings (SSSR count). The fourth-order valence-electron chi connectivity index (χ4n) is 1.99. The molecular formula is C16H12FN3O4. The average molecular weight is 329 g/mol. The van der Waals surface area contributed by atoms with E-state index in [9.17, 15) is 14.0 Å². The maximum absolute atomic E-state index is 13.7. The summed E-state index contributed by atoms with van der Waals surface area (Å²) in [6, 6.07) is 10.1. The van der Waals surface area contributed by atoms with Crippen molar-refractivity contribution in [1.29, 1.82) is 0 Å². The van der Waals surface area contributed by atoms with E-state index >= 15 is 0 Å². The molecule has 0 atom stereocenters. The Bertz CT molecular complexity index is 948. The van der Waals surface area contributed by atoms with E-state index in [1.165, 1.54) is 31.3 Å². The van der Waals surface area contributed by atoms with Gasteiger partial charge in [-0.25, -0.2) is 13.9 Å². The minimum absolute atomic E-state index is 0.00470. The predicted octanol–water partition coefficient (Wildman–Crippen LogP) is 1.93. The summed E-state index contributed by atoms with van der Waals surface area (Å²) in [5, 5.41) is 7.52. The van der Waals surface area contributed by atoms with Gasteiger partial charge in [0.1, 0.15) is 18.1 Å². The first-order chi connectivity index (χ1) is 11.5. The molecule has 0 radical (unpaired) electrons. The maximum atomic E-state index is 13.7. The summed E-state index contributed by atoms with van der Waals surface area (Å²) in [5.41, 5.74) is 0.251. The topological polar surface area (TPSA) is 87.2 Å². The number of hydrogen-bond donors (Lipinski definition) is 0. The molecule has 0 aliphatic heterocycles. The van der Waals surface area contributed by atoms with E-state index in [0.717, 1.165) is 4.68 Å². The molecule has 0 N–H and O–H groups in total. The number of carbonyl (C=O) groups excluding carboxylic acids is 1. The van der Waals surface area contributed by atoms with Gasteiger partial charge in [0.05, 0.1) is 5.56 Å². The number of esters is 1. The highest BCUT2D eigenvalue weighted by Gasteiger charge is 2.14. The molecule has 0 amide bonds. The van der Waals surface area contributed by atoms with Crippen molar-refractivity contribution >= 4 is 5.97 Å². The molecule has 0 saturated carbocycles. The summed E-state index contributed by atoms with van der Waals surface area (Å²) in [6.07, 6.45) is 0. The summed E-state index contributed by atoms with van der Waals surface area (Å²) in [7, 11) is 1.43. The molecule has 0 saturated heterocycles. The average Bonchev–Trinajstić information content (AvgIpc) is 3.04. The molecule has 1 aromatic carbocycles. The van der Waals surface area contributed by atoms with Crippen LogP contribution in [-0.2, 0) is 18.4 Å². The highest BCUT2D eigenvalue weighted by molar-refractivity contribution is 5.86. The Morgan fingerprint density at radius 3 is 2.83 bits per heavy atom. The third-order valence-electron chi connectivity index (χ3n) is 3.22. The Hall–Kier alpha value is -3.29. The van der Waals surface area contributed by atoms with Gasteiger partial charge in [-0.3, -0.25) is 4.79 Å². The van der Waals surface area contributed by atoms with Gasteiger partial charge in [0.25, 0.3) is 5.56 Å². The monoisotopic (exact) mass is 329 g/mol. The summed E-state index contributed by atoms with van der Waals surface area (Å²) in [6.45, 7) is -0.165. The van der Waals surface area contributed by atoms with Crippen LogP contribution < -0.4 is 5.56 Å². The van der Waals surface area contributed by atoms with Crippen molar-refractivity contribution < 1.29 is 18.4 Å². The number of ether oxygens (including phenoxy) is 1. The maximum Gasteiger partial charge on any atom is 0.359 e. The zero-order chi connectivity index (χ0) is 17.1. The molecular weight excluding hydrogens is 317 g/mol. The Morgan fingerprint density at radius 1 is 1.29 bits per heavy atom. The third kappa shape index (κ3) is 3.22. The van der Waals surface area contributed by atoms with Crippen LogP contribution in [0.4, 0.5) is 4.39 Å². The van der Waals surface area contributed by atoms with E-state index in [1.54, 1.807) is 18.2 Å². The highest BCUT2D eigenvalue weighted by atomic mass is 19.1. The number of rotatable bonds is 4. The summed E-state index contributed by atoms with van der Waals surface area (Å²) in [4.78, 5) is 23.1. The van der Waals surface area contributed by atoms with Crippen LogP contribution in [0.25, 0.3) is 11.3 Å². The molecule has 0 spiro atoms.